The average molecular weight is 496 g/mol. The van der Waals surface area contributed by atoms with Crippen molar-refractivity contribution in [3.8, 4) is 11.3 Å². The Balaban J connectivity index is 1.23. The van der Waals surface area contributed by atoms with E-state index in [2.05, 4.69) is 65.5 Å². The lowest BCUT2D eigenvalue weighted by Gasteiger charge is -2.31. The van der Waals surface area contributed by atoms with Crippen molar-refractivity contribution < 1.29 is 9.18 Å². The number of likely N-dealkylation sites (tertiary alicyclic amines) is 1. The van der Waals surface area contributed by atoms with Crippen molar-refractivity contribution in [3.05, 3.63) is 88.8 Å². The summed E-state index contributed by atoms with van der Waals surface area (Å²) in [5.74, 6) is 0.940. The molecule has 0 spiro atoms. The monoisotopic (exact) mass is 495 g/mol. The molecule has 1 fully saturated rings. The number of nitrogens with one attached hydrogen (secondary N) is 1. The van der Waals surface area contributed by atoms with Gasteiger partial charge in [-0.05, 0) is 86.7 Å². The lowest BCUT2D eigenvalue weighted by atomic mass is 9.95. The number of imidazole rings is 2. The summed E-state index contributed by atoms with van der Waals surface area (Å²) in [6.07, 6.45) is 3.96. The number of aromatic nitrogens is 4. The lowest BCUT2D eigenvalue weighted by Crippen LogP contribution is -2.39. The first-order valence-electron chi connectivity index (χ1n) is 12.8. The molecular weight excluding hydrogens is 465 g/mol. The molecule has 1 N–H and O–H groups in total. The number of fused-ring (bicyclic) bond motifs is 2. The van der Waals surface area contributed by atoms with E-state index < -0.39 is 0 Å². The SMILES string of the molecule is Cc1ccn2c(CC(=O)N3CCC(c4nc5ccc(F)cc5[nH]4)CC3)c(-c3ccc(C)c(C)c3)nc2c1. The Bertz CT molecular complexity index is 1640. The maximum Gasteiger partial charge on any atom is 0.228 e. The van der Waals surface area contributed by atoms with Crippen LogP contribution < -0.4 is 0 Å². The smallest absolute Gasteiger partial charge is 0.228 e. The van der Waals surface area contributed by atoms with Gasteiger partial charge in [0, 0.05) is 30.8 Å². The predicted octanol–water partition coefficient (Wildman–Crippen LogP) is 5.89. The second-order valence-electron chi connectivity index (χ2n) is 10.3. The quantitative estimate of drug-likeness (QED) is 0.338. The van der Waals surface area contributed by atoms with E-state index in [9.17, 15) is 9.18 Å². The van der Waals surface area contributed by atoms with Gasteiger partial charge < -0.3 is 14.3 Å². The Kier molecular flexibility index (Phi) is 5.78. The predicted molar refractivity (Wildman–Crippen MR) is 143 cm³/mol. The fraction of sp³-hybridized carbons (Fsp3) is 0.300. The molecule has 1 saturated heterocycles. The van der Waals surface area contributed by atoms with Crippen LogP contribution in [-0.2, 0) is 11.2 Å². The topological polar surface area (TPSA) is 66.3 Å². The van der Waals surface area contributed by atoms with Crippen molar-refractivity contribution in [2.75, 3.05) is 13.1 Å². The summed E-state index contributed by atoms with van der Waals surface area (Å²) in [5, 5.41) is 0. The number of halogens is 1. The normalized spacial score (nSPS) is 14.6. The molecule has 5 aromatic rings. The van der Waals surface area contributed by atoms with Gasteiger partial charge in [-0.25, -0.2) is 14.4 Å². The van der Waals surface area contributed by atoms with Gasteiger partial charge in [-0.15, -0.1) is 0 Å². The number of rotatable bonds is 4. The number of nitrogens with zero attached hydrogens (tertiary/aromatic N) is 4. The average Bonchev–Trinajstić information content (AvgIpc) is 3.46. The zero-order valence-electron chi connectivity index (χ0n) is 21.4. The molecule has 0 bridgehead atoms. The van der Waals surface area contributed by atoms with Gasteiger partial charge in [0.2, 0.25) is 5.91 Å². The second kappa shape index (κ2) is 9.14. The highest BCUT2D eigenvalue weighted by molar-refractivity contribution is 5.82. The molecule has 0 unspecified atom stereocenters. The third-order valence-corrected chi connectivity index (χ3v) is 7.68. The van der Waals surface area contributed by atoms with Crippen molar-refractivity contribution in [1.82, 2.24) is 24.3 Å². The van der Waals surface area contributed by atoms with Crippen LogP contribution in [-0.4, -0.2) is 43.2 Å². The van der Waals surface area contributed by atoms with Gasteiger partial charge in [-0.2, -0.15) is 0 Å². The van der Waals surface area contributed by atoms with Gasteiger partial charge in [0.1, 0.15) is 17.3 Å². The van der Waals surface area contributed by atoms with Gasteiger partial charge in [0.05, 0.1) is 28.8 Å². The number of hydrogen-bond acceptors (Lipinski definition) is 3. The van der Waals surface area contributed by atoms with Crippen molar-refractivity contribution in [2.24, 2.45) is 0 Å². The molecule has 6 nitrogen and oxygen atoms in total. The molecule has 0 radical (unpaired) electrons. The fourth-order valence-electron chi connectivity index (χ4n) is 5.34. The Hall–Kier alpha value is -4.00. The molecule has 37 heavy (non-hydrogen) atoms. The van der Waals surface area contributed by atoms with Gasteiger partial charge in [-0.1, -0.05) is 12.1 Å². The highest BCUT2D eigenvalue weighted by Gasteiger charge is 2.27. The molecule has 0 atom stereocenters. The number of aromatic amines is 1. The van der Waals surface area contributed by atoms with E-state index in [0.717, 1.165) is 57.9 Å². The number of carbonyl (C=O) groups excluding carboxylic acids is 1. The molecule has 1 aliphatic heterocycles. The number of piperidine rings is 1. The summed E-state index contributed by atoms with van der Waals surface area (Å²) in [6, 6.07) is 15.1. The fourth-order valence-corrected chi connectivity index (χ4v) is 5.34. The van der Waals surface area contributed by atoms with Crippen LogP contribution in [0, 0.1) is 26.6 Å². The minimum absolute atomic E-state index is 0.109. The number of carbonyl (C=O) groups is 1. The molecule has 4 heterocycles. The number of amides is 1. The van der Waals surface area contributed by atoms with Gasteiger partial charge >= 0.3 is 0 Å². The van der Waals surface area contributed by atoms with E-state index in [0.29, 0.717) is 19.5 Å². The van der Waals surface area contributed by atoms with Gasteiger partial charge in [0.15, 0.2) is 0 Å². The van der Waals surface area contributed by atoms with E-state index >= 15 is 0 Å². The lowest BCUT2D eigenvalue weighted by molar-refractivity contribution is -0.131. The molecule has 0 saturated carbocycles. The molecule has 188 valence electrons. The summed E-state index contributed by atoms with van der Waals surface area (Å²) in [7, 11) is 0. The Morgan fingerprint density at radius 2 is 1.81 bits per heavy atom. The second-order valence-corrected chi connectivity index (χ2v) is 10.3. The Labute approximate surface area is 215 Å². The number of hydrogen-bond donors (Lipinski definition) is 1. The molecule has 6 rings (SSSR count). The maximum atomic E-state index is 13.6. The summed E-state index contributed by atoms with van der Waals surface area (Å²) < 4.78 is 15.6. The number of H-pyrrole nitrogens is 1. The molecule has 7 heteroatoms. The Morgan fingerprint density at radius 1 is 1.00 bits per heavy atom. The van der Waals surface area contributed by atoms with Crippen molar-refractivity contribution >= 4 is 22.6 Å². The van der Waals surface area contributed by atoms with Gasteiger partial charge in [-0.3, -0.25) is 4.79 Å². The van der Waals surface area contributed by atoms with Crippen LogP contribution in [0.1, 0.15) is 47.0 Å². The largest absolute Gasteiger partial charge is 0.342 e. The van der Waals surface area contributed by atoms with Crippen molar-refractivity contribution in [2.45, 2.75) is 46.0 Å². The summed E-state index contributed by atoms with van der Waals surface area (Å²) in [4.78, 5) is 28.4. The molecule has 1 amide bonds. The molecule has 3 aromatic heterocycles. The summed E-state index contributed by atoms with van der Waals surface area (Å²) >= 11 is 0. The zero-order chi connectivity index (χ0) is 25.7. The van der Waals surface area contributed by atoms with Crippen molar-refractivity contribution in [3.63, 3.8) is 0 Å². The molecule has 0 aliphatic carbocycles. The van der Waals surface area contributed by atoms with Crippen LogP contribution in [0.4, 0.5) is 4.39 Å². The third kappa shape index (κ3) is 4.39. The van der Waals surface area contributed by atoms with Crippen LogP contribution in [0.5, 0.6) is 0 Å². The van der Waals surface area contributed by atoms with Crippen LogP contribution in [0.25, 0.3) is 27.9 Å². The van der Waals surface area contributed by atoms with Crippen LogP contribution in [0.15, 0.2) is 54.7 Å². The van der Waals surface area contributed by atoms with Crippen LogP contribution in [0.3, 0.4) is 0 Å². The first kappa shape index (κ1) is 23.4. The molecular formula is C30H30FN5O. The first-order chi connectivity index (χ1) is 17.9. The summed E-state index contributed by atoms with van der Waals surface area (Å²) in [5.41, 5.74) is 8.75. The minimum Gasteiger partial charge on any atom is -0.342 e. The zero-order valence-corrected chi connectivity index (χ0v) is 21.4. The highest BCUT2D eigenvalue weighted by atomic mass is 19.1. The van der Waals surface area contributed by atoms with E-state index in [1.165, 1.54) is 23.3 Å². The highest BCUT2D eigenvalue weighted by Crippen LogP contribution is 2.30. The number of benzene rings is 2. The number of pyridine rings is 1. The minimum atomic E-state index is -0.272. The van der Waals surface area contributed by atoms with Crippen LogP contribution in [0.2, 0.25) is 0 Å². The number of aryl methyl sites for hydroxylation is 3. The standard InChI is InChI=1S/C30H30FN5O/c1-18-8-13-36-26(29(34-27(36)14-18)22-5-4-19(2)20(3)15-22)17-28(37)35-11-9-21(10-12-35)30-32-24-7-6-23(31)16-25(24)33-30/h4-8,13-16,21H,9-12,17H2,1-3H3,(H,32,33). The third-order valence-electron chi connectivity index (χ3n) is 7.68. The van der Waals surface area contributed by atoms with E-state index in [-0.39, 0.29) is 17.6 Å². The molecule has 2 aromatic carbocycles. The van der Waals surface area contributed by atoms with E-state index in [4.69, 9.17) is 4.98 Å². The molecule has 1 aliphatic rings. The van der Waals surface area contributed by atoms with E-state index in [1.54, 1.807) is 6.07 Å². The Morgan fingerprint density at radius 3 is 2.59 bits per heavy atom. The van der Waals surface area contributed by atoms with Gasteiger partial charge in [0.25, 0.3) is 0 Å². The van der Waals surface area contributed by atoms with E-state index in [1.807, 2.05) is 11.1 Å². The summed E-state index contributed by atoms with van der Waals surface area (Å²) in [6.45, 7) is 7.60. The van der Waals surface area contributed by atoms with Crippen LogP contribution >= 0.6 is 0 Å². The van der Waals surface area contributed by atoms with Crippen molar-refractivity contribution in [1.29, 1.82) is 0 Å². The maximum absolute atomic E-state index is 13.6. The first-order valence-corrected chi connectivity index (χ1v) is 12.8.